The molecule has 0 heterocycles. The van der Waals surface area contributed by atoms with E-state index in [0.717, 1.165) is 10.0 Å². The molecule has 0 atom stereocenters. The van der Waals surface area contributed by atoms with E-state index in [1.165, 1.54) is 13.3 Å². The molecule has 0 aromatic heterocycles. The Morgan fingerprint density at radius 1 is 1.15 bits per heavy atom. The first-order chi connectivity index (χ1) is 16.3. The largest absolute Gasteiger partial charge is 0.493 e. The Bertz CT molecular complexity index is 1240. The summed E-state index contributed by atoms with van der Waals surface area (Å²) in [5, 5.41) is 7.33. The maximum absolute atomic E-state index is 12.3. The normalized spacial score (nSPS) is 10.7. The van der Waals surface area contributed by atoms with Crippen molar-refractivity contribution < 1.29 is 19.1 Å². The van der Waals surface area contributed by atoms with Gasteiger partial charge >= 0.3 is 0 Å². The molecule has 0 saturated carbocycles. The van der Waals surface area contributed by atoms with Crippen molar-refractivity contribution in [2.24, 2.45) is 5.10 Å². The number of anilines is 1. The quantitative estimate of drug-likeness (QED) is 0.182. The van der Waals surface area contributed by atoms with Crippen molar-refractivity contribution in [2.45, 2.75) is 6.92 Å². The van der Waals surface area contributed by atoms with Gasteiger partial charge in [-0.2, -0.15) is 5.10 Å². The van der Waals surface area contributed by atoms with E-state index in [-0.39, 0.29) is 18.4 Å². The molecule has 0 bridgehead atoms. The molecule has 3 aromatic carbocycles. The third kappa shape index (κ3) is 7.18. The van der Waals surface area contributed by atoms with E-state index < -0.39 is 0 Å². The zero-order chi connectivity index (χ0) is 24.7. The topological polar surface area (TPSA) is 89.0 Å². The highest BCUT2D eigenvalue weighted by Crippen LogP contribution is 2.33. The van der Waals surface area contributed by atoms with Crippen molar-refractivity contribution >= 4 is 73.8 Å². The number of carbonyl (C=O) groups is 2. The summed E-state index contributed by atoms with van der Waals surface area (Å²) in [6.07, 6.45) is 1.50. The lowest BCUT2D eigenvalue weighted by Crippen LogP contribution is -2.20. The van der Waals surface area contributed by atoms with Crippen LogP contribution in [0.25, 0.3) is 0 Å². The van der Waals surface area contributed by atoms with Crippen molar-refractivity contribution in [1.29, 1.82) is 0 Å². The molecule has 3 rings (SSSR count). The lowest BCUT2D eigenvalue weighted by molar-refractivity contribution is -0.118. The van der Waals surface area contributed by atoms with Gasteiger partial charge in [-0.1, -0.05) is 33.6 Å². The highest BCUT2D eigenvalue weighted by atomic mass is 127. The molecule has 10 heteroatoms. The van der Waals surface area contributed by atoms with Gasteiger partial charge in [0, 0.05) is 20.7 Å². The number of hydrogen-bond donors (Lipinski definition) is 2. The van der Waals surface area contributed by atoms with Crippen LogP contribution in [0.4, 0.5) is 5.69 Å². The Balaban J connectivity index is 1.62. The number of hydrogen-bond acceptors (Lipinski definition) is 5. The number of methoxy groups -OCH3 is 1. The fourth-order valence-electron chi connectivity index (χ4n) is 2.79. The number of rotatable bonds is 8. The van der Waals surface area contributed by atoms with Crippen LogP contribution in [0.1, 0.15) is 21.5 Å². The molecule has 176 valence electrons. The van der Waals surface area contributed by atoms with Crippen LogP contribution in [-0.2, 0) is 4.79 Å². The molecule has 2 N–H and O–H groups in total. The molecule has 3 aromatic rings. The minimum Gasteiger partial charge on any atom is -0.493 e. The van der Waals surface area contributed by atoms with Gasteiger partial charge in [-0.15, -0.1) is 0 Å². The summed E-state index contributed by atoms with van der Waals surface area (Å²) >= 11 is 11.5. The Labute approximate surface area is 224 Å². The lowest BCUT2D eigenvalue weighted by Gasteiger charge is -2.14. The van der Waals surface area contributed by atoms with E-state index in [4.69, 9.17) is 21.1 Å². The van der Waals surface area contributed by atoms with Gasteiger partial charge < -0.3 is 14.8 Å². The predicted octanol–water partition coefficient (Wildman–Crippen LogP) is 5.81. The highest BCUT2D eigenvalue weighted by Gasteiger charge is 2.14. The monoisotopic (exact) mass is 655 g/mol. The molecule has 0 fully saturated rings. The smallest absolute Gasteiger partial charge is 0.271 e. The van der Waals surface area contributed by atoms with Gasteiger partial charge in [0.25, 0.3) is 11.8 Å². The van der Waals surface area contributed by atoms with E-state index >= 15 is 0 Å². The first-order valence-corrected chi connectivity index (χ1v) is 12.2. The summed E-state index contributed by atoms with van der Waals surface area (Å²) in [7, 11) is 1.50. The zero-order valence-electron chi connectivity index (χ0n) is 18.2. The number of aryl methyl sites for hydroxylation is 1. The number of carbonyl (C=O) groups excluding carboxylic acids is 2. The van der Waals surface area contributed by atoms with Gasteiger partial charge in [0.05, 0.1) is 16.9 Å². The van der Waals surface area contributed by atoms with Crippen LogP contribution in [0.2, 0.25) is 5.02 Å². The third-order valence-corrected chi connectivity index (χ3v) is 6.28. The molecule has 34 heavy (non-hydrogen) atoms. The second-order valence-electron chi connectivity index (χ2n) is 7.04. The number of halogens is 3. The van der Waals surface area contributed by atoms with E-state index in [9.17, 15) is 9.59 Å². The van der Waals surface area contributed by atoms with Crippen LogP contribution in [0, 0.1) is 10.5 Å². The number of amides is 2. The molecule has 0 spiro atoms. The van der Waals surface area contributed by atoms with Crippen LogP contribution >= 0.6 is 50.1 Å². The molecule has 0 radical (unpaired) electrons. The first-order valence-electron chi connectivity index (χ1n) is 9.92. The van der Waals surface area contributed by atoms with Gasteiger partial charge in [-0.3, -0.25) is 9.59 Å². The lowest BCUT2D eigenvalue weighted by atomic mass is 10.2. The van der Waals surface area contributed by atoms with E-state index in [2.05, 4.69) is 54.4 Å². The third-order valence-electron chi connectivity index (χ3n) is 4.54. The summed E-state index contributed by atoms with van der Waals surface area (Å²) in [4.78, 5) is 24.5. The highest BCUT2D eigenvalue weighted by molar-refractivity contribution is 14.1. The summed E-state index contributed by atoms with van der Waals surface area (Å²) in [6, 6.07) is 15.7. The maximum atomic E-state index is 12.3. The Morgan fingerprint density at radius 3 is 2.56 bits per heavy atom. The van der Waals surface area contributed by atoms with E-state index in [1.807, 2.05) is 13.0 Å². The molecular formula is C24H20BrClIN3O4. The fraction of sp³-hybridized carbons (Fsp3) is 0.125. The molecule has 0 unspecified atom stereocenters. The molecule has 2 amide bonds. The molecule has 0 aliphatic rings. The molecule has 0 saturated heterocycles. The molecular weight excluding hydrogens is 637 g/mol. The van der Waals surface area contributed by atoms with Crippen LogP contribution in [0.3, 0.4) is 0 Å². The van der Waals surface area contributed by atoms with Gasteiger partial charge in [0.1, 0.15) is 0 Å². The molecule has 7 nitrogen and oxygen atoms in total. The van der Waals surface area contributed by atoms with E-state index in [0.29, 0.717) is 36.9 Å². The predicted molar refractivity (Wildman–Crippen MR) is 145 cm³/mol. The second kappa shape index (κ2) is 12.2. The molecule has 0 aliphatic heterocycles. The van der Waals surface area contributed by atoms with Gasteiger partial charge in [0.15, 0.2) is 18.1 Å². The van der Waals surface area contributed by atoms with Crippen molar-refractivity contribution in [3.05, 3.63) is 84.4 Å². The second-order valence-corrected chi connectivity index (χ2v) is 9.53. The van der Waals surface area contributed by atoms with E-state index in [1.54, 1.807) is 48.5 Å². The minimum absolute atomic E-state index is 0.214. The zero-order valence-corrected chi connectivity index (χ0v) is 22.7. The van der Waals surface area contributed by atoms with Crippen molar-refractivity contribution in [1.82, 2.24) is 5.43 Å². The number of nitrogens with one attached hydrogen (secondary N) is 2. The van der Waals surface area contributed by atoms with Gasteiger partial charge in [-0.05, 0) is 89.2 Å². The summed E-state index contributed by atoms with van der Waals surface area (Å²) in [5.74, 6) is 0.195. The summed E-state index contributed by atoms with van der Waals surface area (Å²) in [5.41, 5.74) is 5.17. The SMILES string of the molecule is COc1cc(/C=N/NC(=O)c2ccc(Br)cc2)cc(I)c1OCC(=O)Nc1ccc(C)c(Cl)c1. The van der Waals surface area contributed by atoms with Crippen LogP contribution in [0.5, 0.6) is 11.5 Å². The van der Waals surface area contributed by atoms with Crippen molar-refractivity contribution in [3.63, 3.8) is 0 Å². The fourth-order valence-corrected chi connectivity index (χ4v) is 4.02. The van der Waals surface area contributed by atoms with Crippen LogP contribution < -0.4 is 20.2 Å². The number of nitrogens with zero attached hydrogens (tertiary/aromatic N) is 1. The summed E-state index contributed by atoms with van der Waals surface area (Å²) in [6.45, 7) is 1.67. The van der Waals surface area contributed by atoms with Crippen LogP contribution in [0.15, 0.2) is 64.2 Å². The summed E-state index contributed by atoms with van der Waals surface area (Å²) < 4.78 is 12.7. The minimum atomic E-state index is -0.334. The Morgan fingerprint density at radius 2 is 1.88 bits per heavy atom. The average molecular weight is 657 g/mol. The average Bonchev–Trinajstić information content (AvgIpc) is 2.80. The Hall–Kier alpha value is -2.63. The number of benzene rings is 3. The maximum Gasteiger partial charge on any atom is 0.271 e. The van der Waals surface area contributed by atoms with Crippen LogP contribution in [-0.4, -0.2) is 31.7 Å². The first kappa shape index (κ1) is 26.0. The molecule has 0 aliphatic carbocycles. The van der Waals surface area contributed by atoms with Gasteiger partial charge in [0.2, 0.25) is 0 Å². The standard InChI is InChI=1S/C24H20BrClIN3O4/c1-14-3-8-18(11-19(14)26)29-22(31)13-34-23-20(27)9-15(10-21(23)33-2)12-28-30-24(32)16-4-6-17(25)7-5-16/h3-12H,13H2,1-2H3,(H,29,31)(H,30,32)/b28-12+. The van der Waals surface area contributed by atoms with Crippen molar-refractivity contribution in [3.8, 4) is 11.5 Å². The van der Waals surface area contributed by atoms with Gasteiger partial charge in [-0.25, -0.2) is 5.43 Å². The number of hydrazone groups is 1. The van der Waals surface area contributed by atoms with Crippen molar-refractivity contribution in [2.75, 3.05) is 19.0 Å². The number of ether oxygens (including phenoxy) is 2. The Kier molecular flexibility index (Phi) is 9.31.